The standard InChI is InChI=1S/C13H26N2OS/c1-5-14-11(13(2,3)4)8-17-9-12(16)15-10-6-7-10/h10-11,14H,5-9H2,1-4H3,(H,15,16). The van der Waals surface area contributed by atoms with Crippen LogP contribution in [0.25, 0.3) is 0 Å². The van der Waals surface area contributed by atoms with Crippen LogP contribution >= 0.6 is 11.8 Å². The molecule has 0 saturated heterocycles. The molecule has 0 heterocycles. The number of hydrogen-bond acceptors (Lipinski definition) is 3. The van der Waals surface area contributed by atoms with Crippen LogP contribution in [0, 0.1) is 5.41 Å². The van der Waals surface area contributed by atoms with Crippen molar-refractivity contribution in [1.82, 2.24) is 10.6 Å². The van der Waals surface area contributed by atoms with Gasteiger partial charge < -0.3 is 10.6 Å². The van der Waals surface area contributed by atoms with Gasteiger partial charge in [0.1, 0.15) is 0 Å². The Morgan fingerprint density at radius 1 is 1.41 bits per heavy atom. The highest BCUT2D eigenvalue weighted by molar-refractivity contribution is 8.00. The van der Waals surface area contributed by atoms with E-state index in [0.717, 1.165) is 12.3 Å². The molecule has 1 atom stereocenters. The first-order valence-electron chi connectivity index (χ1n) is 6.54. The van der Waals surface area contributed by atoms with Crippen molar-refractivity contribution in [3.63, 3.8) is 0 Å². The molecule has 1 fully saturated rings. The molecule has 0 aliphatic heterocycles. The molecule has 2 N–H and O–H groups in total. The lowest BCUT2D eigenvalue weighted by Crippen LogP contribution is -2.42. The Balaban J connectivity index is 2.19. The number of nitrogens with one attached hydrogen (secondary N) is 2. The first-order chi connectivity index (χ1) is 7.93. The van der Waals surface area contributed by atoms with Crippen molar-refractivity contribution in [2.24, 2.45) is 5.41 Å². The van der Waals surface area contributed by atoms with E-state index in [2.05, 4.69) is 38.3 Å². The summed E-state index contributed by atoms with van der Waals surface area (Å²) in [4.78, 5) is 11.5. The number of carbonyl (C=O) groups excluding carboxylic acids is 1. The minimum atomic E-state index is 0.196. The number of hydrogen-bond donors (Lipinski definition) is 2. The summed E-state index contributed by atoms with van der Waals surface area (Å²) in [5.74, 6) is 1.78. The monoisotopic (exact) mass is 258 g/mol. The van der Waals surface area contributed by atoms with Crippen molar-refractivity contribution >= 4 is 17.7 Å². The average molecular weight is 258 g/mol. The third-order valence-corrected chi connectivity index (χ3v) is 3.99. The zero-order valence-electron chi connectivity index (χ0n) is 11.5. The zero-order chi connectivity index (χ0) is 12.9. The van der Waals surface area contributed by atoms with Crippen molar-refractivity contribution in [3.05, 3.63) is 0 Å². The van der Waals surface area contributed by atoms with Gasteiger partial charge in [0.05, 0.1) is 5.75 Å². The molecule has 17 heavy (non-hydrogen) atoms. The fourth-order valence-corrected chi connectivity index (χ4v) is 2.87. The summed E-state index contributed by atoms with van der Waals surface area (Å²) in [5.41, 5.74) is 0.246. The van der Waals surface area contributed by atoms with E-state index in [-0.39, 0.29) is 11.3 Å². The van der Waals surface area contributed by atoms with E-state index in [0.29, 0.717) is 17.8 Å². The second-order valence-corrected chi connectivity index (χ2v) is 6.86. The third-order valence-electron chi connectivity index (χ3n) is 2.96. The van der Waals surface area contributed by atoms with E-state index in [1.165, 1.54) is 12.8 Å². The maximum atomic E-state index is 11.5. The molecule has 3 nitrogen and oxygen atoms in total. The molecular formula is C13H26N2OS. The van der Waals surface area contributed by atoms with Gasteiger partial charge in [-0.05, 0) is 24.8 Å². The van der Waals surface area contributed by atoms with Gasteiger partial charge in [0.15, 0.2) is 0 Å². The average Bonchev–Trinajstić information content (AvgIpc) is 2.99. The Labute approximate surface area is 109 Å². The minimum absolute atomic E-state index is 0.196. The quantitative estimate of drug-likeness (QED) is 0.734. The van der Waals surface area contributed by atoms with Crippen LogP contribution in [0.3, 0.4) is 0 Å². The Kier molecular flexibility index (Phi) is 5.80. The van der Waals surface area contributed by atoms with Gasteiger partial charge in [-0.1, -0.05) is 27.7 Å². The first kappa shape index (κ1) is 14.8. The van der Waals surface area contributed by atoms with Crippen LogP contribution < -0.4 is 10.6 Å². The second-order valence-electron chi connectivity index (χ2n) is 5.83. The van der Waals surface area contributed by atoms with Gasteiger partial charge in [0.2, 0.25) is 5.91 Å². The number of carbonyl (C=O) groups is 1. The van der Waals surface area contributed by atoms with Gasteiger partial charge >= 0.3 is 0 Å². The predicted octanol–water partition coefficient (Wildman–Crippen LogP) is 2.02. The van der Waals surface area contributed by atoms with Crippen LogP contribution in [0.1, 0.15) is 40.5 Å². The lowest BCUT2D eigenvalue weighted by atomic mass is 9.88. The molecule has 0 spiro atoms. The summed E-state index contributed by atoms with van der Waals surface area (Å²) in [5, 5.41) is 6.52. The fraction of sp³-hybridized carbons (Fsp3) is 0.923. The van der Waals surface area contributed by atoms with Crippen molar-refractivity contribution in [1.29, 1.82) is 0 Å². The number of rotatable bonds is 7. The van der Waals surface area contributed by atoms with E-state index < -0.39 is 0 Å². The maximum absolute atomic E-state index is 11.5. The molecule has 0 bridgehead atoms. The zero-order valence-corrected chi connectivity index (χ0v) is 12.3. The summed E-state index contributed by atoms with van der Waals surface area (Å²) in [6.45, 7) is 9.83. The van der Waals surface area contributed by atoms with Crippen LogP contribution in [0.15, 0.2) is 0 Å². The molecule has 1 saturated carbocycles. The number of thioether (sulfide) groups is 1. The lowest BCUT2D eigenvalue weighted by Gasteiger charge is -2.31. The molecule has 0 aromatic carbocycles. The highest BCUT2D eigenvalue weighted by atomic mass is 32.2. The van der Waals surface area contributed by atoms with Crippen LogP contribution in [-0.2, 0) is 4.79 Å². The molecule has 0 radical (unpaired) electrons. The van der Waals surface area contributed by atoms with E-state index in [4.69, 9.17) is 0 Å². The summed E-state index contributed by atoms with van der Waals surface area (Å²) < 4.78 is 0. The van der Waals surface area contributed by atoms with Gasteiger partial charge in [0, 0.05) is 17.8 Å². The molecule has 1 unspecified atom stereocenters. The second kappa shape index (κ2) is 6.64. The van der Waals surface area contributed by atoms with Crippen molar-refractivity contribution in [3.8, 4) is 0 Å². The molecule has 4 heteroatoms. The molecule has 1 aliphatic rings. The van der Waals surface area contributed by atoms with Crippen molar-refractivity contribution < 1.29 is 4.79 Å². The van der Waals surface area contributed by atoms with E-state index in [1.807, 2.05) is 0 Å². The van der Waals surface area contributed by atoms with Gasteiger partial charge in [-0.25, -0.2) is 0 Å². The highest BCUT2D eigenvalue weighted by Gasteiger charge is 2.25. The van der Waals surface area contributed by atoms with Gasteiger partial charge in [-0.15, -0.1) is 0 Å². The lowest BCUT2D eigenvalue weighted by molar-refractivity contribution is -0.118. The Morgan fingerprint density at radius 2 is 2.06 bits per heavy atom. The van der Waals surface area contributed by atoms with Crippen LogP contribution in [0.4, 0.5) is 0 Å². The normalized spacial score (nSPS) is 17.9. The topological polar surface area (TPSA) is 41.1 Å². The molecule has 1 rings (SSSR count). The van der Waals surface area contributed by atoms with E-state index in [9.17, 15) is 4.79 Å². The fourth-order valence-electron chi connectivity index (χ4n) is 1.63. The summed E-state index contributed by atoms with van der Waals surface area (Å²) in [6.07, 6.45) is 2.33. The van der Waals surface area contributed by atoms with E-state index >= 15 is 0 Å². The first-order valence-corrected chi connectivity index (χ1v) is 7.69. The smallest absolute Gasteiger partial charge is 0.230 e. The highest BCUT2D eigenvalue weighted by Crippen LogP contribution is 2.23. The molecule has 100 valence electrons. The molecule has 0 aromatic heterocycles. The van der Waals surface area contributed by atoms with Crippen LogP contribution in [-0.4, -0.2) is 36.0 Å². The minimum Gasteiger partial charge on any atom is -0.353 e. The Hall–Kier alpha value is -0.220. The predicted molar refractivity (Wildman–Crippen MR) is 75.4 cm³/mol. The molecule has 1 aliphatic carbocycles. The van der Waals surface area contributed by atoms with Gasteiger partial charge in [-0.3, -0.25) is 4.79 Å². The van der Waals surface area contributed by atoms with Crippen molar-refractivity contribution in [2.45, 2.75) is 52.6 Å². The summed E-state index contributed by atoms with van der Waals surface area (Å²) in [7, 11) is 0. The van der Waals surface area contributed by atoms with Crippen LogP contribution in [0.5, 0.6) is 0 Å². The van der Waals surface area contributed by atoms with Gasteiger partial charge in [0.25, 0.3) is 0 Å². The maximum Gasteiger partial charge on any atom is 0.230 e. The third kappa shape index (κ3) is 6.32. The number of amides is 1. The largest absolute Gasteiger partial charge is 0.353 e. The molecule has 1 amide bonds. The molecular weight excluding hydrogens is 232 g/mol. The summed E-state index contributed by atoms with van der Waals surface area (Å²) in [6, 6.07) is 0.946. The summed E-state index contributed by atoms with van der Waals surface area (Å²) >= 11 is 1.73. The van der Waals surface area contributed by atoms with Crippen molar-refractivity contribution in [2.75, 3.05) is 18.1 Å². The SMILES string of the molecule is CCNC(CSCC(=O)NC1CC1)C(C)(C)C. The Bertz CT molecular complexity index is 246. The van der Waals surface area contributed by atoms with Crippen LogP contribution in [0.2, 0.25) is 0 Å². The van der Waals surface area contributed by atoms with Gasteiger partial charge in [-0.2, -0.15) is 11.8 Å². The Morgan fingerprint density at radius 3 is 2.53 bits per heavy atom. The van der Waals surface area contributed by atoms with E-state index in [1.54, 1.807) is 11.8 Å². The molecule has 0 aromatic rings.